The Morgan fingerprint density at radius 1 is 1.22 bits per heavy atom. The molecule has 3 heteroatoms. The Bertz CT molecular complexity index is 471. The molecule has 0 amide bonds. The van der Waals surface area contributed by atoms with Crippen molar-refractivity contribution < 1.29 is 0 Å². The van der Waals surface area contributed by atoms with E-state index < -0.39 is 0 Å². The van der Waals surface area contributed by atoms with Gasteiger partial charge in [0.25, 0.3) is 0 Å². The molecule has 1 aromatic carbocycles. The molecule has 0 aliphatic rings. The van der Waals surface area contributed by atoms with Gasteiger partial charge >= 0.3 is 0 Å². The zero-order valence-electron chi connectivity index (χ0n) is 11.0. The number of rotatable bonds is 5. The predicted octanol–water partition coefficient (Wildman–Crippen LogP) is 3.26. The van der Waals surface area contributed by atoms with E-state index in [9.17, 15) is 0 Å². The lowest BCUT2D eigenvalue weighted by molar-refractivity contribution is 0.608. The minimum atomic E-state index is 0.204. The molecule has 96 valence electrons. The maximum atomic E-state index is 6.18. The van der Waals surface area contributed by atoms with Crippen LogP contribution in [0.3, 0.4) is 0 Å². The summed E-state index contributed by atoms with van der Waals surface area (Å²) < 4.78 is 0. The van der Waals surface area contributed by atoms with Crippen LogP contribution >= 0.6 is 11.3 Å². The lowest BCUT2D eigenvalue weighted by Crippen LogP contribution is -2.23. The van der Waals surface area contributed by atoms with Crippen molar-refractivity contribution in [2.75, 3.05) is 0 Å². The number of aromatic nitrogens is 1. The van der Waals surface area contributed by atoms with Crippen LogP contribution in [0.25, 0.3) is 0 Å². The third-order valence-electron chi connectivity index (χ3n) is 3.16. The van der Waals surface area contributed by atoms with E-state index >= 15 is 0 Å². The first-order chi connectivity index (χ1) is 8.65. The summed E-state index contributed by atoms with van der Waals surface area (Å²) in [4.78, 5) is 5.85. The summed E-state index contributed by atoms with van der Waals surface area (Å²) in [6, 6.07) is 10.7. The zero-order valence-corrected chi connectivity index (χ0v) is 11.8. The molecule has 0 aliphatic carbocycles. The van der Waals surface area contributed by atoms with Crippen LogP contribution in [0.5, 0.6) is 0 Å². The molecule has 1 atom stereocenters. The van der Waals surface area contributed by atoms with Gasteiger partial charge in [-0.2, -0.15) is 0 Å². The van der Waals surface area contributed by atoms with Crippen LogP contribution in [0.4, 0.5) is 0 Å². The minimum absolute atomic E-state index is 0.204. The first-order valence-corrected chi connectivity index (χ1v) is 7.19. The molecule has 2 rings (SSSR count). The van der Waals surface area contributed by atoms with Gasteiger partial charge in [-0.3, -0.25) is 0 Å². The van der Waals surface area contributed by atoms with E-state index in [1.807, 2.05) is 6.07 Å². The summed E-state index contributed by atoms with van der Waals surface area (Å²) in [6.45, 7) is 4.18. The van der Waals surface area contributed by atoms with E-state index in [0.29, 0.717) is 0 Å². The standard InChI is InChI=1S/C15H20N2S/c1-11-12(2)18-15(17-11)10-14(16)9-8-13-6-4-3-5-7-13/h3-7,14H,8-10,16H2,1-2H3. The number of benzene rings is 1. The van der Waals surface area contributed by atoms with E-state index in [1.165, 1.54) is 15.4 Å². The van der Waals surface area contributed by atoms with Gasteiger partial charge in [-0.05, 0) is 32.3 Å². The Morgan fingerprint density at radius 2 is 1.94 bits per heavy atom. The van der Waals surface area contributed by atoms with Gasteiger partial charge in [-0.25, -0.2) is 4.98 Å². The highest BCUT2D eigenvalue weighted by Crippen LogP contribution is 2.18. The largest absolute Gasteiger partial charge is 0.327 e. The summed E-state index contributed by atoms with van der Waals surface area (Å²) in [5.74, 6) is 0. The number of nitrogens with two attached hydrogens (primary N) is 1. The van der Waals surface area contributed by atoms with Gasteiger partial charge in [0.1, 0.15) is 0 Å². The molecule has 0 aliphatic heterocycles. The van der Waals surface area contributed by atoms with Crippen LogP contribution in [0.2, 0.25) is 0 Å². The molecule has 0 bridgehead atoms. The smallest absolute Gasteiger partial charge is 0.0946 e. The molecule has 2 N–H and O–H groups in total. The first kappa shape index (κ1) is 13.2. The van der Waals surface area contributed by atoms with E-state index in [4.69, 9.17) is 5.73 Å². The summed E-state index contributed by atoms with van der Waals surface area (Å²) in [5.41, 5.74) is 8.68. The Hall–Kier alpha value is -1.19. The van der Waals surface area contributed by atoms with E-state index in [-0.39, 0.29) is 6.04 Å². The Morgan fingerprint density at radius 3 is 2.56 bits per heavy atom. The van der Waals surface area contributed by atoms with Crippen molar-refractivity contribution in [1.82, 2.24) is 4.98 Å². The van der Waals surface area contributed by atoms with Crippen molar-refractivity contribution in [2.45, 2.75) is 39.2 Å². The molecule has 1 aromatic heterocycles. The molecule has 0 spiro atoms. The highest BCUT2D eigenvalue weighted by molar-refractivity contribution is 7.11. The van der Waals surface area contributed by atoms with Gasteiger partial charge in [0, 0.05) is 17.3 Å². The SMILES string of the molecule is Cc1nc(CC(N)CCc2ccccc2)sc1C. The average molecular weight is 260 g/mol. The van der Waals surface area contributed by atoms with Gasteiger partial charge in [0.15, 0.2) is 0 Å². The molecule has 2 nitrogen and oxygen atoms in total. The molecule has 18 heavy (non-hydrogen) atoms. The predicted molar refractivity (Wildman–Crippen MR) is 78.0 cm³/mol. The maximum Gasteiger partial charge on any atom is 0.0946 e. The van der Waals surface area contributed by atoms with Crippen LogP contribution in [0.15, 0.2) is 30.3 Å². The molecule has 0 saturated carbocycles. The number of thiazole rings is 1. The molecule has 1 heterocycles. The Kier molecular flexibility index (Phi) is 4.50. The highest BCUT2D eigenvalue weighted by Gasteiger charge is 2.09. The lowest BCUT2D eigenvalue weighted by Gasteiger charge is -2.09. The average Bonchev–Trinajstić information content (AvgIpc) is 2.67. The number of hydrogen-bond donors (Lipinski definition) is 1. The summed E-state index contributed by atoms with van der Waals surface area (Å²) in [6.07, 6.45) is 2.96. The van der Waals surface area contributed by atoms with E-state index in [0.717, 1.165) is 25.0 Å². The van der Waals surface area contributed by atoms with Crippen LogP contribution in [0, 0.1) is 13.8 Å². The number of aryl methyl sites for hydroxylation is 3. The first-order valence-electron chi connectivity index (χ1n) is 6.37. The van der Waals surface area contributed by atoms with Crippen LogP contribution in [-0.2, 0) is 12.8 Å². The second-order valence-corrected chi connectivity index (χ2v) is 6.03. The van der Waals surface area contributed by atoms with Crippen LogP contribution < -0.4 is 5.73 Å². The van der Waals surface area contributed by atoms with Gasteiger partial charge in [-0.15, -0.1) is 11.3 Å². The quantitative estimate of drug-likeness (QED) is 0.896. The fourth-order valence-corrected chi connectivity index (χ4v) is 2.98. The van der Waals surface area contributed by atoms with Crippen molar-refractivity contribution in [3.8, 4) is 0 Å². The van der Waals surface area contributed by atoms with Crippen LogP contribution in [0.1, 0.15) is 27.6 Å². The zero-order chi connectivity index (χ0) is 13.0. The van der Waals surface area contributed by atoms with Gasteiger partial charge in [0.05, 0.1) is 10.7 Å². The van der Waals surface area contributed by atoms with Crippen molar-refractivity contribution in [1.29, 1.82) is 0 Å². The molecular formula is C15H20N2S. The molecule has 0 radical (unpaired) electrons. The Balaban J connectivity index is 1.84. The monoisotopic (exact) mass is 260 g/mol. The lowest BCUT2D eigenvalue weighted by atomic mass is 10.0. The summed E-state index contributed by atoms with van der Waals surface area (Å²) in [5, 5.41) is 1.17. The van der Waals surface area contributed by atoms with Gasteiger partial charge in [-0.1, -0.05) is 30.3 Å². The van der Waals surface area contributed by atoms with Crippen LogP contribution in [-0.4, -0.2) is 11.0 Å². The molecule has 2 aromatic rings. The fourth-order valence-electron chi connectivity index (χ4n) is 1.95. The maximum absolute atomic E-state index is 6.18. The number of nitrogens with zero attached hydrogens (tertiary/aromatic N) is 1. The normalized spacial score (nSPS) is 12.6. The second-order valence-electron chi connectivity index (χ2n) is 4.74. The highest BCUT2D eigenvalue weighted by atomic mass is 32.1. The van der Waals surface area contributed by atoms with E-state index in [1.54, 1.807) is 11.3 Å². The third kappa shape index (κ3) is 3.65. The van der Waals surface area contributed by atoms with E-state index in [2.05, 4.69) is 43.1 Å². The minimum Gasteiger partial charge on any atom is -0.327 e. The van der Waals surface area contributed by atoms with Crippen molar-refractivity contribution in [3.63, 3.8) is 0 Å². The van der Waals surface area contributed by atoms with Gasteiger partial charge < -0.3 is 5.73 Å². The summed E-state index contributed by atoms with van der Waals surface area (Å²) in [7, 11) is 0. The molecule has 0 saturated heterocycles. The fraction of sp³-hybridized carbons (Fsp3) is 0.400. The van der Waals surface area contributed by atoms with Crippen molar-refractivity contribution in [2.24, 2.45) is 5.73 Å². The molecule has 0 fully saturated rings. The Labute approximate surface area is 113 Å². The molecular weight excluding hydrogens is 240 g/mol. The topological polar surface area (TPSA) is 38.9 Å². The van der Waals surface area contributed by atoms with Gasteiger partial charge in [0.2, 0.25) is 0 Å². The molecule has 1 unspecified atom stereocenters. The summed E-state index contributed by atoms with van der Waals surface area (Å²) >= 11 is 1.77. The second kappa shape index (κ2) is 6.12. The van der Waals surface area contributed by atoms with Crippen molar-refractivity contribution >= 4 is 11.3 Å². The van der Waals surface area contributed by atoms with Crippen molar-refractivity contribution in [3.05, 3.63) is 51.5 Å². The third-order valence-corrected chi connectivity index (χ3v) is 4.25. The number of hydrogen-bond acceptors (Lipinski definition) is 3.